The van der Waals surface area contributed by atoms with Crippen LogP contribution in [0.2, 0.25) is 0 Å². The van der Waals surface area contributed by atoms with Crippen LogP contribution < -0.4 is 5.32 Å². The molecular weight excluding hydrogens is 356 g/mol. The maximum atomic E-state index is 13.2. The SMILES string of the molecule is CC[C@H]1CN2CC[C@@]3(C(=O)Nc4ccccc43)[C@H]2C[C@@H]1/C(=C\OC)C(=O)OC. The number of hydrogen-bond donors (Lipinski definition) is 1. The molecule has 4 rings (SSSR count). The Kier molecular flexibility index (Phi) is 4.91. The Morgan fingerprint density at radius 1 is 1.36 bits per heavy atom. The lowest BCUT2D eigenvalue weighted by Crippen LogP contribution is -2.53. The normalized spacial score (nSPS) is 32.0. The number of carbonyl (C=O) groups is 2. The summed E-state index contributed by atoms with van der Waals surface area (Å²) in [6, 6.07) is 8.07. The van der Waals surface area contributed by atoms with Crippen molar-refractivity contribution in [2.45, 2.75) is 37.6 Å². The molecule has 3 aliphatic rings. The topological polar surface area (TPSA) is 67.9 Å². The highest BCUT2D eigenvalue weighted by Gasteiger charge is 2.60. The Morgan fingerprint density at radius 3 is 2.86 bits per heavy atom. The number of rotatable bonds is 4. The average molecular weight is 384 g/mol. The van der Waals surface area contributed by atoms with Crippen molar-refractivity contribution in [3.8, 4) is 0 Å². The second-order valence-electron chi connectivity index (χ2n) is 8.04. The largest absolute Gasteiger partial charge is 0.504 e. The molecular formula is C22H28N2O4. The Morgan fingerprint density at radius 2 is 2.14 bits per heavy atom. The molecule has 1 N–H and O–H groups in total. The summed E-state index contributed by atoms with van der Waals surface area (Å²) >= 11 is 0. The van der Waals surface area contributed by atoms with Crippen molar-refractivity contribution < 1.29 is 19.1 Å². The van der Waals surface area contributed by atoms with E-state index in [-0.39, 0.29) is 23.8 Å². The van der Waals surface area contributed by atoms with Crippen LogP contribution in [0.4, 0.5) is 5.69 Å². The summed E-state index contributed by atoms with van der Waals surface area (Å²) in [7, 11) is 2.95. The summed E-state index contributed by atoms with van der Waals surface area (Å²) in [5.41, 5.74) is 2.05. The third kappa shape index (κ3) is 2.65. The van der Waals surface area contributed by atoms with Crippen LogP contribution in [-0.4, -0.2) is 50.1 Å². The van der Waals surface area contributed by atoms with Crippen LogP contribution in [0.5, 0.6) is 0 Å². The van der Waals surface area contributed by atoms with Crippen molar-refractivity contribution in [3.63, 3.8) is 0 Å². The minimum Gasteiger partial charge on any atom is -0.504 e. The Balaban J connectivity index is 1.74. The second kappa shape index (κ2) is 7.24. The lowest BCUT2D eigenvalue weighted by atomic mass is 9.67. The molecule has 6 heteroatoms. The maximum Gasteiger partial charge on any atom is 0.337 e. The van der Waals surface area contributed by atoms with E-state index in [1.807, 2.05) is 18.2 Å². The van der Waals surface area contributed by atoms with Gasteiger partial charge in [0.2, 0.25) is 5.91 Å². The van der Waals surface area contributed by atoms with Gasteiger partial charge in [0, 0.05) is 18.3 Å². The fraction of sp³-hybridized carbons (Fsp3) is 0.545. The predicted molar refractivity (Wildman–Crippen MR) is 106 cm³/mol. The number of methoxy groups -OCH3 is 2. The molecule has 1 aromatic rings. The lowest BCUT2D eigenvalue weighted by molar-refractivity contribution is -0.137. The van der Waals surface area contributed by atoms with Crippen LogP contribution in [0.1, 0.15) is 31.7 Å². The van der Waals surface area contributed by atoms with Gasteiger partial charge < -0.3 is 14.8 Å². The fourth-order valence-electron chi connectivity index (χ4n) is 5.63. The average Bonchev–Trinajstić information content (AvgIpc) is 3.23. The van der Waals surface area contributed by atoms with Gasteiger partial charge in [0.1, 0.15) is 0 Å². The number of carbonyl (C=O) groups excluding carboxylic acids is 2. The number of benzene rings is 1. The number of hydrogen-bond acceptors (Lipinski definition) is 5. The summed E-state index contributed by atoms with van der Waals surface area (Å²) in [6.07, 6.45) is 4.04. The molecule has 1 aromatic carbocycles. The quantitative estimate of drug-likeness (QED) is 0.491. The van der Waals surface area contributed by atoms with Crippen LogP contribution in [-0.2, 0) is 24.5 Å². The van der Waals surface area contributed by atoms with E-state index >= 15 is 0 Å². The number of anilines is 1. The van der Waals surface area contributed by atoms with Gasteiger partial charge in [0.05, 0.1) is 31.5 Å². The molecule has 6 nitrogen and oxygen atoms in total. The van der Waals surface area contributed by atoms with E-state index in [2.05, 4.69) is 23.2 Å². The van der Waals surface area contributed by atoms with Crippen LogP contribution in [0.3, 0.4) is 0 Å². The van der Waals surface area contributed by atoms with Crippen molar-refractivity contribution in [3.05, 3.63) is 41.7 Å². The zero-order valence-electron chi connectivity index (χ0n) is 16.7. The first-order chi connectivity index (χ1) is 13.6. The van der Waals surface area contributed by atoms with Gasteiger partial charge in [-0.15, -0.1) is 0 Å². The summed E-state index contributed by atoms with van der Waals surface area (Å²) < 4.78 is 10.3. The second-order valence-corrected chi connectivity index (χ2v) is 8.04. The summed E-state index contributed by atoms with van der Waals surface area (Å²) in [6.45, 7) is 3.93. The molecule has 0 bridgehead atoms. The number of piperidine rings is 1. The summed E-state index contributed by atoms with van der Waals surface area (Å²) in [5, 5.41) is 3.10. The first kappa shape index (κ1) is 19.0. The summed E-state index contributed by atoms with van der Waals surface area (Å²) in [4.78, 5) is 28.1. The minimum atomic E-state index is -0.540. The van der Waals surface area contributed by atoms with Crippen molar-refractivity contribution in [2.75, 3.05) is 32.6 Å². The molecule has 2 saturated heterocycles. The molecule has 1 amide bonds. The summed E-state index contributed by atoms with van der Waals surface area (Å²) in [5.74, 6) is 0.0769. The van der Waals surface area contributed by atoms with Crippen molar-refractivity contribution in [2.24, 2.45) is 11.8 Å². The molecule has 2 fully saturated rings. The molecule has 4 atom stereocenters. The zero-order chi connectivity index (χ0) is 19.9. The highest BCUT2D eigenvalue weighted by molar-refractivity contribution is 6.07. The van der Waals surface area contributed by atoms with Crippen LogP contribution in [0.25, 0.3) is 0 Å². The van der Waals surface area contributed by atoms with Crippen molar-refractivity contribution in [1.29, 1.82) is 0 Å². The molecule has 0 aromatic heterocycles. The molecule has 1 spiro atoms. The number of amides is 1. The third-order valence-corrected chi connectivity index (χ3v) is 6.97. The third-order valence-electron chi connectivity index (χ3n) is 6.97. The minimum absolute atomic E-state index is 0.00851. The van der Waals surface area contributed by atoms with Gasteiger partial charge >= 0.3 is 5.97 Å². The Labute approximate surface area is 165 Å². The van der Waals surface area contributed by atoms with Crippen molar-refractivity contribution >= 4 is 17.6 Å². The lowest BCUT2D eigenvalue weighted by Gasteiger charge is -2.45. The molecule has 0 saturated carbocycles. The van der Waals surface area contributed by atoms with E-state index < -0.39 is 5.41 Å². The molecule has 3 aliphatic heterocycles. The first-order valence-electron chi connectivity index (χ1n) is 10.0. The van der Waals surface area contributed by atoms with Gasteiger partial charge in [0.25, 0.3) is 0 Å². The molecule has 0 unspecified atom stereocenters. The number of fused-ring (bicyclic) bond motifs is 4. The van der Waals surface area contributed by atoms with Gasteiger partial charge in [0.15, 0.2) is 0 Å². The van der Waals surface area contributed by atoms with Crippen LogP contribution in [0, 0.1) is 11.8 Å². The predicted octanol–water partition coefficient (Wildman–Crippen LogP) is 2.70. The van der Waals surface area contributed by atoms with E-state index in [0.717, 1.165) is 43.6 Å². The van der Waals surface area contributed by atoms with Crippen LogP contribution >= 0.6 is 0 Å². The van der Waals surface area contributed by atoms with Crippen LogP contribution in [0.15, 0.2) is 36.1 Å². The maximum absolute atomic E-state index is 13.2. The van der Waals surface area contributed by atoms with Gasteiger partial charge in [-0.25, -0.2) is 4.79 Å². The highest BCUT2D eigenvalue weighted by Crippen LogP contribution is 2.53. The molecule has 3 heterocycles. The monoisotopic (exact) mass is 384 g/mol. The van der Waals surface area contributed by atoms with E-state index in [1.165, 1.54) is 13.4 Å². The molecule has 28 heavy (non-hydrogen) atoms. The fourth-order valence-corrected chi connectivity index (χ4v) is 5.63. The standard InChI is InChI=1S/C22H28N2O4/c1-4-14-12-24-10-9-22(17-7-5-6-8-18(17)23-21(22)26)19(24)11-15(14)16(13-27-2)20(25)28-3/h5-8,13-15,19H,4,9-12H2,1-3H3,(H,23,26)/b16-13+/t14-,15-,19+,22-/m0/s1. The number of ether oxygens (including phenoxy) is 2. The van der Waals surface area contributed by atoms with Gasteiger partial charge in [-0.05, 0) is 42.9 Å². The zero-order valence-corrected chi connectivity index (χ0v) is 16.7. The first-order valence-corrected chi connectivity index (χ1v) is 10.0. The van der Waals surface area contributed by atoms with E-state index in [0.29, 0.717) is 11.5 Å². The molecule has 0 radical (unpaired) electrons. The Hall–Kier alpha value is -2.34. The van der Waals surface area contributed by atoms with Gasteiger partial charge in [-0.3, -0.25) is 9.69 Å². The molecule has 0 aliphatic carbocycles. The smallest absolute Gasteiger partial charge is 0.337 e. The van der Waals surface area contributed by atoms with Gasteiger partial charge in [-0.1, -0.05) is 31.5 Å². The number of esters is 1. The number of para-hydroxylation sites is 1. The van der Waals surface area contributed by atoms with E-state index in [4.69, 9.17) is 9.47 Å². The number of nitrogens with one attached hydrogen (secondary N) is 1. The Bertz CT molecular complexity index is 821. The highest BCUT2D eigenvalue weighted by atomic mass is 16.5. The van der Waals surface area contributed by atoms with Gasteiger partial charge in [-0.2, -0.15) is 0 Å². The van der Waals surface area contributed by atoms with Crippen molar-refractivity contribution in [1.82, 2.24) is 4.90 Å². The number of nitrogens with zero attached hydrogens (tertiary/aromatic N) is 1. The van der Waals surface area contributed by atoms with E-state index in [9.17, 15) is 9.59 Å². The van der Waals surface area contributed by atoms with E-state index in [1.54, 1.807) is 7.11 Å². The molecule has 150 valence electrons.